The maximum atomic E-state index is 12.2. The van der Waals surface area contributed by atoms with E-state index in [0.29, 0.717) is 39.2 Å². The fourth-order valence-electron chi connectivity index (χ4n) is 2.41. The minimum atomic E-state index is -0.500. The first-order valence-electron chi connectivity index (χ1n) is 8.28. The highest BCUT2D eigenvalue weighted by molar-refractivity contribution is 6.36. The highest BCUT2D eigenvalue weighted by Gasteiger charge is 2.13. The normalized spacial score (nSPS) is 11.0. The Morgan fingerprint density at radius 3 is 2.89 bits per heavy atom. The molecule has 0 saturated carbocycles. The molecule has 1 heterocycles. The Morgan fingerprint density at radius 2 is 2.14 bits per heavy atom. The lowest BCUT2D eigenvalue weighted by molar-refractivity contribution is 0.0950. The first kappa shape index (κ1) is 19.7. The molecule has 1 amide bonds. The number of hydrogen-bond donors (Lipinski definition) is 3. The van der Waals surface area contributed by atoms with Crippen molar-refractivity contribution in [2.75, 3.05) is 6.61 Å². The molecule has 0 saturated heterocycles. The molecule has 0 aliphatic heterocycles. The summed E-state index contributed by atoms with van der Waals surface area (Å²) in [6.45, 7) is 2.24. The lowest BCUT2D eigenvalue weighted by Crippen LogP contribution is -2.18. The summed E-state index contributed by atoms with van der Waals surface area (Å²) in [6.07, 6.45) is 1.32. The quantitative estimate of drug-likeness (QED) is 0.411. The van der Waals surface area contributed by atoms with Crippen molar-refractivity contribution in [2.45, 2.75) is 6.92 Å². The van der Waals surface area contributed by atoms with Crippen molar-refractivity contribution in [1.29, 1.82) is 0 Å². The van der Waals surface area contributed by atoms with Crippen molar-refractivity contribution in [3.63, 3.8) is 0 Å². The summed E-state index contributed by atoms with van der Waals surface area (Å²) < 4.78 is 5.30. The number of H-pyrrole nitrogens is 1. The lowest BCUT2D eigenvalue weighted by Gasteiger charge is -2.07. The fourth-order valence-corrected chi connectivity index (χ4v) is 2.91. The number of hydrazone groups is 1. The van der Waals surface area contributed by atoms with Gasteiger partial charge in [0, 0.05) is 16.1 Å². The Hall–Kier alpha value is -3.03. The Labute approximate surface area is 170 Å². The SMILES string of the molecule is CCOc1cccc(/C=N/NC(=O)c2cc(-c3ccc(Cl)cc3Cl)n[nH]2)c1O. The molecule has 3 rings (SSSR count). The minimum absolute atomic E-state index is 0.0523. The van der Waals surface area contributed by atoms with Crippen LogP contribution in [0.25, 0.3) is 11.3 Å². The van der Waals surface area contributed by atoms with E-state index >= 15 is 0 Å². The van der Waals surface area contributed by atoms with E-state index in [0.717, 1.165) is 0 Å². The number of nitrogens with zero attached hydrogens (tertiary/aromatic N) is 2. The van der Waals surface area contributed by atoms with Crippen molar-refractivity contribution in [1.82, 2.24) is 15.6 Å². The Morgan fingerprint density at radius 1 is 1.32 bits per heavy atom. The van der Waals surface area contributed by atoms with Crippen LogP contribution in [0.4, 0.5) is 0 Å². The number of halogens is 2. The van der Waals surface area contributed by atoms with E-state index in [2.05, 4.69) is 20.7 Å². The van der Waals surface area contributed by atoms with Crippen LogP contribution in [0.3, 0.4) is 0 Å². The number of phenolic OH excluding ortho intramolecular Hbond substituents is 1. The summed E-state index contributed by atoms with van der Waals surface area (Å²) >= 11 is 12.0. The number of ether oxygens (including phenoxy) is 1. The van der Waals surface area contributed by atoms with Crippen LogP contribution in [-0.4, -0.2) is 34.0 Å². The molecule has 3 aromatic rings. The molecule has 0 radical (unpaired) electrons. The number of hydrogen-bond acceptors (Lipinski definition) is 5. The molecule has 0 spiro atoms. The van der Waals surface area contributed by atoms with E-state index in [1.807, 2.05) is 6.92 Å². The third-order valence-corrected chi connectivity index (χ3v) is 4.28. The summed E-state index contributed by atoms with van der Waals surface area (Å²) in [5.74, 6) is -0.208. The summed E-state index contributed by atoms with van der Waals surface area (Å²) in [5, 5.41) is 21.6. The van der Waals surface area contributed by atoms with E-state index in [-0.39, 0.29) is 11.4 Å². The third kappa shape index (κ3) is 4.44. The van der Waals surface area contributed by atoms with Crippen molar-refractivity contribution < 1.29 is 14.6 Å². The summed E-state index contributed by atoms with van der Waals surface area (Å²) in [5.41, 5.74) is 4.11. The van der Waals surface area contributed by atoms with Crippen molar-refractivity contribution in [3.8, 4) is 22.8 Å². The summed E-state index contributed by atoms with van der Waals surface area (Å²) in [4.78, 5) is 12.2. The molecule has 0 bridgehead atoms. The average Bonchev–Trinajstić information content (AvgIpc) is 3.14. The predicted octanol–water partition coefficient (Wildman–Crippen LogP) is 4.25. The number of aromatic hydroxyl groups is 1. The molecule has 1 aromatic heterocycles. The second-order valence-electron chi connectivity index (χ2n) is 5.62. The maximum absolute atomic E-state index is 12.2. The number of aromatic nitrogens is 2. The molecule has 3 N–H and O–H groups in total. The van der Waals surface area contributed by atoms with Crippen LogP contribution in [0.2, 0.25) is 10.0 Å². The van der Waals surface area contributed by atoms with Gasteiger partial charge >= 0.3 is 0 Å². The number of aromatic amines is 1. The van der Waals surface area contributed by atoms with Gasteiger partial charge in [-0.2, -0.15) is 10.2 Å². The van der Waals surface area contributed by atoms with Crippen molar-refractivity contribution in [3.05, 3.63) is 63.8 Å². The van der Waals surface area contributed by atoms with E-state index in [1.54, 1.807) is 42.5 Å². The first-order chi connectivity index (χ1) is 13.5. The van der Waals surface area contributed by atoms with Gasteiger partial charge in [-0.15, -0.1) is 0 Å². The minimum Gasteiger partial charge on any atom is -0.504 e. The van der Waals surface area contributed by atoms with Crippen LogP contribution >= 0.6 is 23.2 Å². The molecule has 144 valence electrons. The number of carbonyl (C=O) groups is 1. The van der Waals surface area contributed by atoms with E-state index in [1.165, 1.54) is 6.21 Å². The van der Waals surface area contributed by atoms with Crippen LogP contribution in [0.15, 0.2) is 47.6 Å². The van der Waals surface area contributed by atoms with E-state index < -0.39 is 5.91 Å². The second kappa shape index (κ2) is 8.77. The molecule has 0 atom stereocenters. The zero-order valence-corrected chi connectivity index (χ0v) is 16.3. The van der Waals surface area contributed by atoms with Gasteiger partial charge in [-0.25, -0.2) is 5.43 Å². The number of nitrogens with one attached hydrogen (secondary N) is 2. The Kier molecular flexibility index (Phi) is 6.18. The molecule has 0 aliphatic rings. The number of rotatable bonds is 6. The zero-order chi connectivity index (χ0) is 20.1. The van der Waals surface area contributed by atoms with Gasteiger partial charge in [-0.3, -0.25) is 9.89 Å². The molecule has 9 heteroatoms. The van der Waals surface area contributed by atoms with Gasteiger partial charge in [0.05, 0.1) is 23.5 Å². The third-order valence-electron chi connectivity index (χ3n) is 3.73. The summed E-state index contributed by atoms with van der Waals surface area (Å²) in [6, 6.07) is 11.5. The highest BCUT2D eigenvalue weighted by Crippen LogP contribution is 2.30. The van der Waals surface area contributed by atoms with Crippen LogP contribution in [0.5, 0.6) is 11.5 Å². The van der Waals surface area contributed by atoms with Gasteiger partial charge in [-0.1, -0.05) is 29.3 Å². The molecule has 0 unspecified atom stereocenters. The van der Waals surface area contributed by atoms with E-state index in [9.17, 15) is 9.90 Å². The fraction of sp³-hybridized carbons (Fsp3) is 0.105. The molecule has 0 aliphatic carbocycles. The highest BCUT2D eigenvalue weighted by atomic mass is 35.5. The number of para-hydroxylation sites is 1. The number of benzene rings is 2. The molecule has 7 nitrogen and oxygen atoms in total. The second-order valence-corrected chi connectivity index (χ2v) is 6.46. The molecular formula is C19H16Cl2N4O3. The first-order valence-corrected chi connectivity index (χ1v) is 9.04. The average molecular weight is 419 g/mol. The number of carbonyl (C=O) groups excluding carboxylic acids is 1. The Bertz CT molecular complexity index is 1030. The van der Waals surface area contributed by atoms with Gasteiger partial charge in [0.1, 0.15) is 5.69 Å². The van der Waals surface area contributed by atoms with Crippen LogP contribution in [0, 0.1) is 0 Å². The summed E-state index contributed by atoms with van der Waals surface area (Å²) in [7, 11) is 0. The molecule has 28 heavy (non-hydrogen) atoms. The zero-order valence-electron chi connectivity index (χ0n) is 14.7. The van der Waals surface area contributed by atoms with Crippen molar-refractivity contribution >= 4 is 35.3 Å². The van der Waals surface area contributed by atoms with Gasteiger partial charge < -0.3 is 9.84 Å². The topological polar surface area (TPSA) is 99.6 Å². The Balaban J connectivity index is 1.70. The monoisotopic (exact) mass is 418 g/mol. The van der Waals surface area contributed by atoms with Gasteiger partial charge in [0.25, 0.3) is 5.91 Å². The van der Waals surface area contributed by atoms with Gasteiger partial charge in [0.2, 0.25) is 0 Å². The number of amides is 1. The van der Waals surface area contributed by atoms with Crippen LogP contribution in [-0.2, 0) is 0 Å². The van der Waals surface area contributed by atoms with Gasteiger partial charge in [-0.05, 0) is 43.3 Å². The largest absolute Gasteiger partial charge is 0.504 e. The van der Waals surface area contributed by atoms with E-state index in [4.69, 9.17) is 27.9 Å². The molecular weight excluding hydrogens is 403 g/mol. The lowest BCUT2D eigenvalue weighted by atomic mass is 10.1. The maximum Gasteiger partial charge on any atom is 0.289 e. The molecule has 2 aromatic carbocycles. The standard InChI is InChI=1S/C19H16Cl2N4O3/c1-2-28-17-5-3-4-11(18(17)26)10-22-25-19(27)16-9-15(23-24-16)13-7-6-12(20)8-14(13)21/h3-10,26H,2H2,1H3,(H,23,24)(H,25,27)/b22-10+. The van der Waals surface area contributed by atoms with Crippen LogP contribution < -0.4 is 10.2 Å². The van der Waals surface area contributed by atoms with Gasteiger partial charge in [0.15, 0.2) is 11.5 Å². The van der Waals surface area contributed by atoms with Crippen LogP contribution in [0.1, 0.15) is 23.0 Å². The smallest absolute Gasteiger partial charge is 0.289 e. The predicted molar refractivity (Wildman–Crippen MR) is 108 cm³/mol. The number of phenols is 1. The van der Waals surface area contributed by atoms with Crippen molar-refractivity contribution in [2.24, 2.45) is 5.10 Å². The molecule has 0 fully saturated rings.